The molecule has 1 aliphatic carbocycles. The van der Waals surface area contributed by atoms with E-state index in [2.05, 4.69) is 10.4 Å². The molecule has 0 unspecified atom stereocenters. The van der Waals surface area contributed by atoms with Gasteiger partial charge < -0.3 is 15.3 Å². The van der Waals surface area contributed by atoms with Crippen LogP contribution in [-0.2, 0) is 21.2 Å². The summed E-state index contributed by atoms with van der Waals surface area (Å²) in [6, 6.07) is 0.0115. The monoisotopic (exact) mass is 477 g/mol. The van der Waals surface area contributed by atoms with Crippen LogP contribution in [0, 0.1) is 5.92 Å². The Hall–Kier alpha value is -3.15. The summed E-state index contributed by atoms with van der Waals surface area (Å²) in [6.45, 7) is 4.41. The molecule has 0 atom stereocenters. The van der Waals surface area contributed by atoms with Gasteiger partial charge in [-0.15, -0.1) is 0 Å². The molecule has 0 spiro atoms. The molecule has 1 saturated heterocycles. The zero-order valence-corrected chi connectivity index (χ0v) is 19.3. The van der Waals surface area contributed by atoms with E-state index in [0.29, 0.717) is 12.1 Å². The second kappa shape index (κ2) is 8.65. The van der Waals surface area contributed by atoms with E-state index in [9.17, 15) is 27.9 Å². The maximum absolute atomic E-state index is 13.0. The first-order chi connectivity index (χ1) is 15.6. The smallest absolute Gasteiger partial charge is 0.291 e. The Morgan fingerprint density at radius 3 is 2.55 bits per heavy atom. The summed E-state index contributed by atoms with van der Waals surface area (Å²) < 4.78 is 25.7. The highest BCUT2D eigenvalue weighted by atomic mass is 32.2. The number of carbonyl (C=O) groups excluding carboxylic acids is 2. The second-order valence-electron chi connectivity index (χ2n) is 8.90. The van der Waals surface area contributed by atoms with Crippen LogP contribution in [0.1, 0.15) is 42.6 Å². The summed E-state index contributed by atoms with van der Waals surface area (Å²) in [6.07, 6.45) is 5.84. The summed E-state index contributed by atoms with van der Waals surface area (Å²) in [7, 11) is -3.11. The van der Waals surface area contributed by atoms with Crippen molar-refractivity contribution in [2.24, 2.45) is 5.92 Å². The molecule has 2 aromatic rings. The number of carbonyl (C=O) groups is 2. The minimum absolute atomic E-state index is 0.0115. The van der Waals surface area contributed by atoms with E-state index in [0.717, 1.165) is 17.4 Å². The zero-order valence-electron chi connectivity index (χ0n) is 18.5. The molecule has 1 aliphatic heterocycles. The molecular weight excluding hydrogens is 450 g/mol. The quantitative estimate of drug-likeness (QED) is 0.558. The summed E-state index contributed by atoms with van der Waals surface area (Å²) >= 11 is 0. The topological polar surface area (TPSA) is 143 Å². The number of aromatic nitrogens is 3. The van der Waals surface area contributed by atoms with E-state index in [1.54, 1.807) is 0 Å². The molecule has 4 rings (SSSR count). The van der Waals surface area contributed by atoms with E-state index >= 15 is 0 Å². The van der Waals surface area contributed by atoms with Crippen LogP contribution in [0.3, 0.4) is 0 Å². The summed E-state index contributed by atoms with van der Waals surface area (Å²) in [5.74, 6) is -1.51. The Kier molecular flexibility index (Phi) is 6.04. The average molecular weight is 478 g/mol. The zero-order chi connectivity index (χ0) is 23.9. The van der Waals surface area contributed by atoms with Crippen molar-refractivity contribution in [2.75, 3.05) is 24.6 Å². The molecule has 0 bridgehead atoms. The van der Waals surface area contributed by atoms with Gasteiger partial charge in [0, 0.05) is 37.3 Å². The lowest BCUT2D eigenvalue weighted by atomic mass is 10.2. The molecule has 2 aliphatic rings. The van der Waals surface area contributed by atoms with Gasteiger partial charge >= 0.3 is 0 Å². The molecule has 2 N–H and O–H groups in total. The molecule has 2 amide bonds. The Morgan fingerprint density at radius 2 is 1.94 bits per heavy atom. The Morgan fingerprint density at radius 1 is 1.27 bits per heavy atom. The third-order valence-corrected chi connectivity index (χ3v) is 7.27. The fourth-order valence-electron chi connectivity index (χ4n) is 3.75. The Balaban J connectivity index is 1.71. The van der Waals surface area contributed by atoms with Crippen LogP contribution in [-0.4, -0.2) is 75.1 Å². The highest BCUT2D eigenvalue weighted by Gasteiger charge is 2.30. The van der Waals surface area contributed by atoms with Crippen molar-refractivity contribution in [3.63, 3.8) is 0 Å². The molecule has 0 radical (unpaired) electrons. The van der Waals surface area contributed by atoms with Crippen molar-refractivity contribution in [1.82, 2.24) is 24.4 Å². The predicted octanol–water partition coefficient (Wildman–Crippen LogP) is 0.0200. The van der Waals surface area contributed by atoms with Gasteiger partial charge in [-0.05, 0) is 24.8 Å². The van der Waals surface area contributed by atoms with Crippen LogP contribution in [0.15, 0.2) is 17.1 Å². The molecule has 12 heteroatoms. The third-order valence-electron chi connectivity index (χ3n) is 5.66. The van der Waals surface area contributed by atoms with Crippen molar-refractivity contribution >= 4 is 33.4 Å². The molecule has 178 valence electrons. The summed E-state index contributed by atoms with van der Waals surface area (Å²) in [5, 5.41) is 17.7. The normalized spacial score (nSPS) is 18.3. The molecule has 11 nitrogen and oxygen atoms in total. The van der Waals surface area contributed by atoms with Gasteiger partial charge in [0.1, 0.15) is 5.65 Å². The van der Waals surface area contributed by atoms with Crippen molar-refractivity contribution in [1.29, 1.82) is 0 Å². The van der Waals surface area contributed by atoms with Crippen LogP contribution in [0.4, 0.5) is 0 Å². The van der Waals surface area contributed by atoms with Crippen LogP contribution >= 0.6 is 0 Å². The lowest BCUT2D eigenvalue weighted by Crippen LogP contribution is -2.43. The fraction of sp³-hybridized carbons (Fsp3) is 0.524. The van der Waals surface area contributed by atoms with Gasteiger partial charge in [-0.2, -0.15) is 9.61 Å². The van der Waals surface area contributed by atoms with Gasteiger partial charge in [0.15, 0.2) is 15.4 Å². The first-order valence-electron chi connectivity index (χ1n) is 10.9. The van der Waals surface area contributed by atoms with Crippen LogP contribution in [0.2, 0.25) is 0 Å². The van der Waals surface area contributed by atoms with Crippen molar-refractivity contribution < 1.29 is 23.1 Å². The molecule has 3 heterocycles. The SMILES string of the molecule is CC(C)Cn1c(O)c(C(=O)NC2CC2)c(=O)n2ncc(/C=C/C(=O)N3CCS(=O)(=O)CC3)c12. The minimum Gasteiger partial charge on any atom is -0.494 e. The van der Waals surface area contributed by atoms with Crippen LogP contribution in [0.25, 0.3) is 11.7 Å². The average Bonchev–Trinajstić information content (AvgIpc) is 3.44. The van der Waals surface area contributed by atoms with Crippen molar-refractivity contribution in [3.8, 4) is 5.88 Å². The lowest BCUT2D eigenvalue weighted by Gasteiger charge is -2.25. The predicted molar refractivity (Wildman–Crippen MR) is 121 cm³/mol. The molecule has 2 fully saturated rings. The van der Waals surface area contributed by atoms with Gasteiger partial charge in [0.05, 0.1) is 17.7 Å². The van der Waals surface area contributed by atoms with Gasteiger partial charge in [-0.25, -0.2) is 8.42 Å². The number of nitrogens with one attached hydrogen (secondary N) is 1. The van der Waals surface area contributed by atoms with E-state index < -0.39 is 27.2 Å². The maximum Gasteiger partial charge on any atom is 0.291 e. The number of rotatable bonds is 6. The van der Waals surface area contributed by atoms with E-state index in [1.165, 1.54) is 27.8 Å². The molecule has 2 aromatic heterocycles. The van der Waals surface area contributed by atoms with E-state index in [4.69, 9.17) is 0 Å². The largest absolute Gasteiger partial charge is 0.494 e. The number of hydrogen-bond donors (Lipinski definition) is 2. The van der Waals surface area contributed by atoms with Crippen LogP contribution in [0.5, 0.6) is 5.88 Å². The van der Waals surface area contributed by atoms with E-state index in [1.807, 2.05) is 13.8 Å². The number of amides is 2. The molecule has 1 saturated carbocycles. The summed E-state index contributed by atoms with van der Waals surface area (Å²) in [5.41, 5.74) is -0.429. The highest BCUT2D eigenvalue weighted by Crippen LogP contribution is 2.24. The number of fused-ring (bicyclic) bond motifs is 1. The number of sulfone groups is 1. The number of nitrogens with zero attached hydrogens (tertiary/aromatic N) is 4. The molecule has 33 heavy (non-hydrogen) atoms. The van der Waals surface area contributed by atoms with Crippen LogP contribution < -0.4 is 10.9 Å². The molecule has 0 aromatic carbocycles. The Labute approximate surface area is 190 Å². The first kappa shape index (κ1) is 23.0. The van der Waals surface area contributed by atoms with E-state index in [-0.39, 0.29) is 53.7 Å². The Bertz CT molecular complexity index is 1290. The minimum atomic E-state index is -3.11. The molecular formula is C21H27N5O6S. The standard InChI is InChI=1S/C21H27N5O6S/c1-13(2)12-25-19-14(3-6-16(27)24-7-9-33(31,32)10-8-24)11-22-26(19)21(30)17(20(25)29)18(28)23-15-4-5-15/h3,6,11,13,15,29H,4-5,7-10,12H2,1-2H3,(H,23,28)/b6-3+. The number of hydrogen-bond acceptors (Lipinski definition) is 7. The second-order valence-corrected chi connectivity index (χ2v) is 11.2. The van der Waals surface area contributed by atoms with Crippen molar-refractivity contribution in [3.05, 3.63) is 33.8 Å². The van der Waals surface area contributed by atoms with Gasteiger partial charge in [0.25, 0.3) is 11.5 Å². The lowest BCUT2D eigenvalue weighted by molar-refractivity contribution is -0.125. The highest BCUT2D eigenvalue weighted by molar-refractivity contribution is 7.91. The van der Waals surface area contributed by atoms with Gasteiger partial charge in [-0.3, -0.25) is 19.0 Å². The summed E-state index contributed by atoms with van der Waals surface area (Å²) in [4.78, 5) is 39.6. The fourth-order valence-corrected chi connectivity index (χ4v) is 4.95. The number of aromatic hydroxyl groups is 1. The van der Waals surface area contributed by atoms with Crippen molar-refractivity contribution in [2.45, 2.75) is 39.3 Å². The first-order valence-corrected chi connectivity index (χ1v) is 12.7. The maximum atomic E-state index is 13.0. The third kappa shape index (κ3) is 4.80. The van der Waals surface area contributed by atoms with Gasteiger partial charge in [-0.1, -0.05) is 13.8 Å². The van der Waals surface area contributed by atoms with Gasteiger partial charge in [0.2, 0.25) is 11.8 Å².